The number of amides is 1. The molecule has 150 valence electrons. The molecule has 29 heavy (non-hydrogen) atoms. The van der Waals surface area contributed by atoms with E-state index in [4.69, 9.17) is 9.15 Å². The second-order valence-corrected chi connectivity index (χ2v) is 6.67. The van der Waals surface area contributed by atoms with E-state index >= 15 is 0 Å². The van der Waals surface area contributed by atoms with Gasteiger partial charge in [0.15, 0.2) is 11.8 Å². The first-order valence-corrected chi connectivity index (χ1v) is 9.16. The first kappa shape index (κ1) is 20.1. The van der Waals surface area contributed by atoms with Gasteiger partial charge in [-0.15, -0.1) is 10.2 Å². The van der Waals surface area contributed by atoms with Crippen molar-refractivity contribution in [3.05, 3.63) is 69.0 Å². The topological polar surface area (TPSA) is 142 Å². The number of carbonyl (C=O) groups excluding carboxylic acids is 1. The summed E-state index contributed by atoms with van der Waals surface area (Å²) >= 11 is 1.35. The Morgan fingerprint density at radius 2 is 2.14 bits per heavy atom. The molecule has 1 aromatic carbocycles. The number of carbonyl (C=O) groups is 1. The molecule has 3 rings (SSSR count). The molecule has 12 heteroatoms. The number of nitro groups is 1. The van der Waals surface area contributed by atoms with Gasteiger partial charge in [-0.05, 0) is 12.1 Å². The van der Waals surface area contributed by atoms with Crippen molar-refractivity contribution in [1.29, 1.82) is 0 Å². The van der Waals surface area contributed by atoms with Crippen LogP contribution in [0, 0.1) is 10.1 Å². The van der Waals surface area contributed by atoms with Crippen molar-refractivity contribution in [2.24, 2.45) is 7.05 Å². The molecule has 0 aliphatic carbocycles. The molecule has 0 fully saturated rings. The standard InChI is InChI=1S/C17H15N5O6S/c1-21-10-18-20-17(21)29-9-13-6-14(23)15(7-27-13)28-8-16(24)19-11-2-4-12(5-3-11)22(25)26/h2-7,10H,8-9H2,1H3,(H,19,24). The van der Waals surface area contributed by atoms with E-state index in [1.54, 1.807) is 17.9 Å². The van der Waals surface area contributed by atoms with Crippen LogP contribution in [0.3, 0.4) is 0 Å². The predicted octanol–water partition coefficient (Wildman–Crippen LogP) is 1.99. The number of non-ortho nitro benzene ring substituents is 1. The Hall–Kier alpha value is -3.67. The van der Waals surface area contributed by atoms with Crippen molar-refractivity contribution in [2.45, 2.75) is 10.9 Å². The Balaban J connectivity index is 1.52. The van der Waals surface area contributed by atoms with Crippen molar-refractivity contribution in [2.75, 3.05) is 11.9 Å². The van der Waals surface area contributed by atoms with Gasteiger partial charge in [-0.25, -0.2) is 0 Å². The van der Waals surface area contributed by atoms with E-state index in [1.165, 1.54) is 42.1 Å². The molecule has 0 radical (unpaired) electrons. The van der Waals surface area contributed by atoms with Gasteiger partial charge >= 0.3 is 0 Å². The summed E-state index contributed by atoms with van der Waals surface area (Å²) in [4.78, 5) is 34.1. The van der Waals surface area contributed by atoms with Crippen LogP contribution in [-0.4, -0.2) is 32.2 Å². The summed E-state index contributed by atoms with van der Waals surface area (Å²) in [7, 11) is 1.80. The Labute approximate surface area is 167 Å². The lowest BCUT2D eigenvalue weighted by atomic mass is 10.3. The predicted molar refractivity (Wildman–Crippen MR) is 103 cm³/mol. The molecule has 2 heterocycles. The maximum Gasteiger partial charge on any atom is 0.269 e. The average Bonchev–Trinajstić information content (AvgIpc) is 3.11. The largest absolute Gasteiger partial charge is 0.477 e. The van der Waals surface area contributed by atoms with Crippen molar-refractivity contribution >= 4 is 29.0 Å². The lowest BCUT2D eigenvalue weighted by molar-refractivity contribution is -0.384. The first-order valence-electron chi connectivity index (χ1n) is 8.18. The number of benzene rings is 1. The minimum atomic E-state index is -0.538. The second kappa shape index (κ2) is 9.01. The van der Waals surface area contributed by atoms with E-state index in [0.717, 1.165) is 6.26 Å². The van der Waals surface area contributed by atoms with Crippen molar-refractivity contribution in [1.82, 2.24) is 14.8 Å². The second-order valence-electron chi connectivity index (χ2n) is 5.73. The number of hydrogen-bond acceptors (Lipinski definition) is 9. The molecule has 0 saturated carbocycles. The molecule has 2 aromatic heterocycles. The summed E-state index contributed by atoms with van der Waals surface area (Å²) in [6.45, 7) is -0.422. The van der Waals surface area contributed by atoms with Gasteiger partial charge in [0.1, 0.15) is 18.4 Å². The SMILES string of the molecule is Cn1cnnc1SCc1cc(=O)c(OCC(=O)Nc2ccc([N+](=O)[O-])cc2)co1. The fourth-order valence-electron chi connectivity index (χ4n) is 2.17. The average molecular weight is 417 g/mol. The van der Waals surface area contributed by atoms with Crippen LogP contribution in [0.1, 0.15) is 5.76 Å². The maximum absolute atomic E-state index is 12.1. The van der Waals surface area contributed by atoms with E-state index in [9.17, 15) is 19.7 Å². The number of aryl methyl sites for hydroxylation is 1. The Morgan fingerprint density at radius 3 is 2.76 bits per heavy atom. The van der Waals surface area contributed by atoms with Crippen molar-refractivity contribution in [3.63, 3.8) is 0 Å². The van der Waals surface area contributed by atoms with E-state index in [-0.39, 0.29) is 11.4 Å². The van der Waals surface area contributed by atoms with Gasteiger partial charge in [-0.1, -0.05) is 11.8 Å². The number of rotatable bonds is 8. The highest BCUT2D eigenvalue weighted by atomic mass is 32.2. The third-order valence-corrected chi connectivity index (χ3v) is 4.64. The van der Waals surface area contributed by atoms with Gasteiger partial charge in [0.25, 0.3) is 11.6 Å². The monoisotopic (exact) mass is 417 g/mol. The minimum Gasteiger partial charge on any atom is -0.477 e. The number of hydrogen-bond donors (Lipinski definition) is 1. The molecule has 3 aromatic rings. The number of ether oxygens (including phenoxy) is 1. The fraction of sp³-hybridized carbons (Fsp3) is 0.176. The van der Waals surface area contributed by atoms with Crippen LogP contribution in [0.25, 0.3) is 0 Å². The Bertz CT molecular complexity index is 1080. The summed E-state index contributed by atoms with van der Waals surface area (Å²) in [5.74, 6) is 0.171. The minimum absolute atomic E-state index is 0.0886. The Kier molecular flexibility index (Phi) is 6.24. The molecule has 0 spiro atoms. The molecule has 0 aliphatic heterocycles. The molecular weight excluding hydrogens is 402 g/mol. The molecule has 0 aliphatic rings. The third-order valence-electron chi connectivity index (χ3n) is 3.59. The van der Waals surface area contributed by atoms with Crippen LogP contribution in [0.5, 0.6) is 5.75 Å². The zero-order chi connectivity index (χ0) is 20.8. The zero-order valence-corrected chi connectivity index (χ0v) is 15.9. The van der Waals surface area contributed by atoms with E-state index < -0.39 is 22.9 Å². The van der Waals surface area contributed by atoms with Gasteiger partial charge in [0.2, 0.25) is 11.2 Å². The molecule has 0 bridgehead atoms. The molecular formula is C17H15N5O6S. The number of nitrogens with zero attached hydrogens (tertiary/aromatic N) is 4. The van der Waals surface area contributed by atoms with Gasteiger partial charge in [0, 0.05) is 30.9 Å². The summed E-state index contributed by atoms with van der Waals surface area (Å²) in [5, 5.41) is 21.5. The molecule has 0 atom stereocenters. The van der Waals surface area contributed by atoms with Crippen LogP contribution in [0.2, 0.25) is 0 Å². The van der Waals surface area contributed by atoms with Gasteiger partial charge in [-0.3, -0.25) is 19.7 Å². The van der Waals surface area contributed by atoms with Crippen molar-refractivity contribution < 1.29 is 18.9 Å². The van der Waals surface area contributed by atoms with E-state index in [2.05, 4.69) is 15.5 Å². The summed E-state index contributed by atoms with van der Waals surface area (Å²) < 4.78 is 12.3. The zero-order valence-electron chi connectivity index (χ0n) is 15.1. The fourth-order valence-corrected chi connectivity index (χ4v) is 2.94. The molecule has 1 amide bonds. The number of nitrogens with one attached hydrogen (secondary N) is 1. The number of nitro benzene ring substituents is 1. The number of aromatic nitrogens is 3. The van der Waals surface area contributed by atoms with E-state index in [1.807, 2.05) is 0 Å². The highest BCUT2D eigenvalue weighted by molar-refractivity contribution is 7.98. The third kappa shape index (κ3) is 5.42. The normalized spacial score (nSPS) is 10.5. The Morgan fingerprint density at radius 1 is 1.38 bits per heavy atom. The molecule has 0 saturated heterocycles. The molecule has 0 unspecified atom stereocenters. The number of anilines is 1. The lowest BCUT2D eigenvalue weighted by Gasteiger charge is -2.07. The summed E-state index contributed by atoms with van der Waals surface area (Å²) in [6, 6.07) is 6.61. The highest BCUT2D eigenvalue weighted by Crippen LogP contribution is 2.20. The van der Waals surface area contributed by atoms with Gasteiger partial charge < -0.3 is 19.0 Å². The highest BCUT2D eigenvalue weighted by Gasteiger charge is 2.11. The number of thioether (sulfide) groups is 1. The summed E-state index contributed by atoms with van der Waals surface area (Å²) in [6.07, 6.45) is 2.71. The van der Waals surface area contributed by atoms with E-state index in [0.29, 0.717) is 22.4 Å². The van der Waals surface area contributed by atoms with Gasteiger partial charge in [0.05, 0.1) is 10.7 Å². The van der Waals surface area contributed by atoms with Crippen LogP contribution in [-0.2, 0) is 17.6 Å². The van der Waals surface area contributed by atoms with Crippen LogP contribution in [0.4, 0.5) is 11.4 Å². The van der Waals surface area contributed by atoms with Crippen LogP contribution >= 0.6 is 11.8 Å². The molecule has 11 nitrogen and oxygen atoms in total. The van der Waals surface area contributed by atoms with Crippen LogP contribution in [0.15, 0.2) is 57.3 Å². The first-order chi connectivity index (χ1) is 13.9. The molecule has 1 N–H and O–H groups in total. The maximum atomic E-state index is 12.1. The smallest absolute Gasteiger partial charge is 0.269 e. The quantitative estimate of drug-likeness (QED) is 0.330. The van der Waals surface area contributed by atoms with Crippen LogP contribution < -0.4 is 15.5 Å². The summed E-state index contributed by atoms with van der Waals surface area (Å²) in [5.41, 5.74) is -0.144. The van der Waals surface area contributed by atoms with Crippen molar-refractivity contribution in [3.8, 4) is 5.75 Å². The lowest BCUT2D eigenvalue weighted by Crippen LogP contribution is -2.22. The van der Waals surface area contributed by atoms with Gasteiger partial charge in [-0.2, -0.15) is 0 Å².